The SMILES string of the molecule is CO[C@@]1(C)CC[C@@H]([C@H](C)CCC=C(C)C)[C@@H]2C=C(C)CC[C@@H]21. The number of allylic oxidation sites excluding steroid dienone is 4. The van der Waals surface area contributed by atoms with Crippen LogP contribution in [-0.4, -0.2) is 12.7 Å². The zero-order valence-corrected chi connectivity index (χ0v) is 15.6. The molecule has 5 atom stereocenters. The van der Waals surface area contributed by atoms with Gasteiger partial charge in [0.25, 0.3) is 0 Å². The minimum Gasteiger partial charge on any atom is -0.378 e. The zero-order chi connectivity index (χ0) is 16.3. The average Bonchev–Trinajstić information content (AvgIpc) is 2.46. The van der Waals surface area contributed by atoms with Gasteiger partial charge in [0.2, 0.25) is 0 Å². The predicted octanol–water partition coefficient (Wildman–Crippen LogP) is 6.16. The number of rotatable bonds is 5. The quantitative estimate of drug-likeness (QED) is 0.553. The van der Waals surface area contributed by atoms with Crippen molar-refractivity contribution in [3.63, 3.8) is 0 Å². The summed E-state index contributed by atoms with van der Waals surface area (Å²) in [6.45, 7) is 11.6. The van der Waals surface area contributed by atoms with Gasteiger partial charge in [-0.2, -0.15) is 0 Å². The normalized spacial score (nSPS) is 36.3. The maximum atomic E-state index is 5.99. The van der Waals surface area contributed by atoms with Crippen molar-refractivity contribution in [1.82, 2.24) is 0 Å². The van der Waals surface area contributed by atoms with E-state index in [1.54, 1.807) is 5.57 Å². The number of fused-ring (bicyclic) bond motifs is 1. The highest BCUT2D eigenvalue weighted by Crippen LogP contribution is 2.51. The van der Waals surface area contributed by atoms with E-state index in [0.717, 1.165) is 17.8 Å². The molecule has 2 aliphatic carbocycles. The van der Waals surface area contributed by atoms with Crippen LogP contribution in [0.5, 0.6) is 0 Å². The third kappa shape index (κ3) is 3.85. The molecule has 2 aliphatic rings. The van der Waals surface area contributed by atoms with Crippen molar-refractivity contribution >= 4 is 0 Å². The largest absolute Gasteiger partial charge is 0.378 e. The number of hydrogen-bond acceptors (Lipinski definition) is 1. The predicted molar refractivity (Wildman–Crippen MR) is 95.9 cm³/mol. The van der Waals surface area contributed by atoms with Gasteiger partial charge in [0.05, 0.1) is 5.60 Å². The molecule has 22 heavy (non-hydrogen) atoms. The fourth-order valence-corrected chi connectivity index (χ4v) is 4.84. The number of hydrogen-bond donors (Lipinski definition) is 0. The second-order valence-corrected chi connectivity index (χ2v) is 8.29. The van der Waals surface area contributed by atoms with Gasteiger partial charge in [0, 0.05) is 7.11 Å². The lowest BCUT2D eigenvalue weighted by Crippen LogP contribution is -2.49. The molecule has 1 heteroatoms. The van der Waals surface area contributed by atoms with E-state index in [4.69, 9.17) is 4.74 Å². The minimum atomic E-state index is 0.0952. The zero-order valence-electron chi connectivity index (χ0n) is 15.6. The molecule has 0 spiro atoms. The van der Waals surface area contributed by atoms with E-state index in [1.807, 2.05) is 7.11 Å². The highest BCUT2D eigenvalue weighted by atomic mass is 16.5. The first kappa shape index (κ1) is 17.8. The summed E-state index contributed by atoms with van der Waals surface area (Å²) in [5.41, 5.74) is 3.15. The van der Waals surface area contributed by atoms with E-state index >= 15 is 0 Å². The van der Waals surface area contributed by atoms with Crippen LogP contribution in [0.4, 0.5) is 0 Å². The summed E-state index contributed by atoms with van der Waals surface area (Å²) < 4.78 is 5.99. The van der Waals surface area contributed by atoms with Crippen LogP contribution in [0.2, 0.25) is 0 Å². The van der Waals surface area contributed by atoms with Gasteiger partial charge in [-0.3, -0.25) is 0 Å². The molecule has 0 amide bonds. The highest BCUT2D eigenvalue weighted by molar-refractivity contribution is 5.14. The third-order valence-corrected chi connectivity index (χ3v) is 6.42. The molecular formula is C21H36O. The summed E-state index contributed by atoms with van der Waals surface area (Å²) in [4.78, 5) is 0. The highest BCUT2D eigenvalue weighted by Gasteiger charge is 2.47. The lowest BCUT2D eigenvalue weighted by molar-refractivity contribution is -0.109. The van der Waals surface area contributed by atoms with Gasteiger partial charge in [-0.25, -0.2) is 0 Å². The van der Waals surface area contributed by atoms with Gasteiger partial charge in [0.1, 0.15) is 0 Å². The Morgan fingerprint density at radius 3 is 2.77 bits per heavy atom. The van der Waals surface area contributed by atoms with Crippen molar-refractivity contribution < 1.29 is 4.74 Å². The maximum absolute atomic E-state index is 5.99. The van der Waals surface area contributed by atoms with Crippen molar-refractivity contribution in [2.45, 2.75) is 78.7 Å². The van der Waals surface area contributed by atoms with Crippen LogP contribution in [0.25, 0.3) is 0 Å². The Morgan fingerprint density at radius 2 is 2.14 bits per heavy atom. The topological polar surface area (TPSA) is 9.23 Å². The molecule has 0 radical (unpaired) electrons. The average molecular weight is 305 g/mol. The van der Waals surface area contributed by atoms with E-state index in [9.17, 15) is 0 Å². The minimum absolute atomic E-state index is 0.0952. The van der Waals surface area contributed by atoms with E-state index < -0.39 is 0 Å². The van der Waals surface area contributed by atoms with Gasteiger partial charge in [-0.1, -0.05) is 30.2 Å². The van der Waals surface area contributed by atoms with E-state index in [1.165, 1.54) is 44.1 Å². The van der Waals surface area contributed by atoms with Crippen LogP contribution in [0.1, 0.15) is 73.1 Å². The molecule has 0 aromatic carbocycles. The van der Waals surface area contributed by atoms with Crippen LogP contribution in [-0.2, 0) is 4.74 Å². The first-order valence-electron chi connectivity index (χ1n) is 9.23. The summed E-state index contributed by atoms with van der Waals surface area (Å²) in [5.74, 6) is 3.10. The van der Waals surface area contributed by atoms with Crippen molar-refractivity contribution in [2.24, 2.45) is 23.7 Å². The van der Waals surface area contributed by atoms with Gasteiger partial charge >= 0.3 is 0 Å². The van der Waals surface area contributed by atoms with Crippen molar-refractivity contribution in [1.29, 1.82) is 0 Å². The molecule has 1 fully saturated rings. The van der Waals surface area contributed by atoms with Gasteiger partial charge in [0.15, 0.2) is 0 Å². The smallest absolute Gasteiger partial charge is 0.0684 e. The third-order valence-electron chi connectivity index (χ3n) is 6.42. The summed E-state index contributed by atoms with van der Waals surface area (Å²) >= 11 is 0. The molecule has 0 unspecified atom stereocenters. The summed E-state index contributed by atoms with van der Waals surface area (Å²) in [6, 6.07) is 0. The Balaban J connectivity index is 2.11. The Labute approximate surface area is 138 Å². The second kappa shape index (κ2) is 7.34. The molecule has 0 bridgehead atoms. The van der Waals surface area contributed by atoms with Gasteiger partial charge < -0.3 is 4.74 Å². The Morgan fingerprint density at radius 1 is 1.41 bits per heavy atom. The van der Waals surface area contributed by atoms with Crippen molar-refractivity contribution in [2.75, 3.05) is 7.11 Å². The molecule has 0 heterocycles. The van der Waals surface area contributed by atoms with Gasteiger partial charge in [-0.05, 0) is 89.9 Å². The molecule has 2 rings (SSSR count). The standard InChI is InChI=1S/C21H36O/c1-15(2)8-7-9-17(4)18-12-13-21(5,22-6)20-11-10-16(3)14-19(18)20/h8,14,17-20H,7,9-13H2,1-6H3/t17-,18+,19+,20+,21+/m1/s1. The molecule has 0 aromatic heterocycles. The molecule has 126 valence electrons. The lowest BCUT2D eigenvalue weighted by Gasteiger charge is -2.51. The van der Waals surface area contributed by atoms with Crippen molar-refractivity contribution in [3.05, 3.63) is 23.3 Å². The monoisotopic (exact) mass is 304 g/mol. The van der Waals surface area contributed by atoms with Crippen LogP contribution in [0.3, 0.4) is 0 Å². The molecule has 0 saturated heterocycles. The molecule has 1 saturated carbocycles. The second-order valence-electron chi connectivity index (χ2n) is 8.29. The fraction of sp³-hybridized carbons (Fsp3) is 0.810. The van der Waals surface area contributed by atoms with Crippen LogP contribution in [0, 0.1) is 23.7 Å². The fourth-order valence-electron chi connectivity index (χ4n) is 4.84. The van der Waals surface area contributed by atoms with Crippen molar-refractivity contribution in [3.8, 4) is 0 Å². The van der Waals surface area contributed by atoms with E-state index in [2.05, 4.69) is 46.8 Å². The van der Waals surface area contributed by atoms with Crippen LogP contribution >= 0.6 is 0 Å². The lowest BCUT2D eigenvalue weighted by atomic mass is 9.58. The first-order valence-corrected chi connectivity index (χ1v) is 9.23. The number of ether oxygens (including phenoxy) is 1. The number of methoxy groups -OCH3 is 1. The summed E-state index contributed by atoms with van der Waals surface area (Å²) in [5, 5.41) is 0. The molecular weight excluding hydrogens is 268 g/mol. The Kier molecular flexibility index (Phi) is 5.94. The summed E-state index contributed by atoms with van der Waals surface area (Å²) in [7, 11) is 1.92. The molecule has 1 nitrogen and oxygen atoms in total. The maximum Gasteiger partial charge on any atom is 0.0684 e. The molecule has 0 aromatic rings. The van der Waals surface area contributed by atoms with E-state index in [0.29, 0.717) is 5.92 Å². The van der Waals surface area contributed by atoms with Gasteiger partial charge in [-0.15, -0.1) is 0 Å². The summed E-state index contributed by atoms with van der Waals surface area (Å²) in [6.07, 6.45) is 12.7. The Bertz CT molecular complexity index is 429. The molecule has 0 aliphatic heterocycles. The van der Waals surface area contributed by atoms with Crippen LogP contribution < -0.4 is 0 Å². The van der Waals surface area contributed by atoms with Crippen LogP contribution in [0.15, 0.2) is 23.3 Å². The first-order chi connectivity index (χ1) is 10.4. The molecule has 0 N–H and O–H groups in total. The Hall–Kier alpha value is -0.560. The van der Waals surface area contributed by atoms with E-state index in [-0.39, 0.29) is 5.60 Å².